The molecule has 9 heteroatoms. The number of hydrogen-bond donors (Lipinski definition) is 2. The number of nitrogens with zero attached hydrogens (tertiary/aromatic N) is 2. The molecule has 0 aromatic carbocycles. The van der Waals surface area contributed by atoms with Gasteiger partial charge >= 0.3 is 0 Å². The number of hydrogen-bond acceptors (Lipinski definition) is 6. The largest absolute Gasteiger partial charge is 0.366 e. The molecule has 0 radical (unpaired) electrons. The van der Waals surface area contributed by atoms with Crippen molar-refractivity contribution < 1.29 is 14.3 Å². The quantitative estimate of drug-likeness (QED) is 0.287. The monoisotopic (exact) mass is 588 g/mol. The second-order valence-corrected chi connectivity index (χ2v) is 13.7. The van der Waals surface area contributed by atoms with Crippen molar-refractivity contribution in [3.05, 3.63) is 29.4 Å². The van der Waals surface area contributed by atoms with Gasteiger partial charge in [-0.1, -0.05) is 44.9 Å². The van der Waals surface area contributed by atoms with E-state index in [2.05, 4.69) is 20.5 Å². The molecular weight excluding hydrogens is 544 g/mol. The molecule has 3 unspecified atom stereocenters. The predicted molar refractivity (Wildman–Crippen MR) is 162 cm³/mol. The number of unbranched alkanes of at least 4 members (excludes halogenated alkanes) is 1. The molecule has 2 aliphatic heterocycles. The Bertz CT molecular complexity index is 1090. The predicted octanol–water partition coefficient (Wildman–Crippen LogP) is 6.11. The Balaban J connectivity index is 1.02. The number of methoxy groups -OCH3 is 1. The van der Waals surface area contributed by atoms with Crippen LogP contribution in [0.3, 0.4) is 0 Å². The lowest BCUT2D eigenvalue weighted by Gasteiger charge is -2.50. The van der Waals surface area contributed by atoms with Crippen molar-refractivity contribution >= 4 is 44.8 Å². The van der Waals surface area contributed by atoms with Crippen LogP contribution < -0.4 is 10.6 Å². The summed E-state index contributed by atoms with van der Waals surface area (Å²) in [5.74, 6) is 0.612. The van der Waals surface area contributed by atoms with Gasteiger partial charge in [-0.3, -0.25) is 19.9 Å². The standard InChI is InChI=1S/C31H45ClN4O3S/c1-39-29-24(20-27(32)31(35-29)13-6-3-2-4-7-14-31)30(38)36-17-11-22(12-18-36)9-5-8-15-34-28(37)25-19-23-10-16-33-21-26(23)40-25/h10,16,19,21-22,24,27,29,35H,2-9,11-15,17-18,20H2,1H3,(H,34,37). The number of thiophene rings is 1. The number of likely N-dealkylation sites (tertiary alicyclic amines) is 1. The van der Waals surface area contributed by atoms with E-state index >= 15 is 0 Å². The third-order valence-corrected chi connectivity index (χ3v) is 11.2. The van der Waals surface area contributed by atoms with Crippen LogP contribution >= 0.6 is 22.9 Å². The molecule has 2 N–H and O–H groups in total. The van der Waals surface area contributed by atoms with Crippen LogP contribution in [-0.2, 0) is 9.53 Å². The summed E-state index contributed by atoms with van der Waals surface area (Å²) in [5, 5.41) is 7.83. The normalized spacial score (nSPS) is 25.9. The molecule has 220 valence electrons. The number of carbonyl (C=O) groups is 2. The molecular formula is C31H45ClN4O3S. The summed E-state index contributed by atoms with van der Waals surface area (Å²) >= 11 is 8.53. The molecule has 1 saturated carbocycles. The van der Waals surface area contributed by atoms with E-state index in [9.17, 15) is 9.59 Å². The summed E-state index contributed by atoms with van der Waals surface area (Å²) in [6.07, 6.45) is 17.6. The fourth-order valence-corrected chi connectivity index (χ4v) is 8.43. The van der Waals surface area contributed by atoms with Gasteiger partial charge in [-0.05, 0) is 62.0 Å². The Kier molecular flexibility index (Phi) is 10.4. The number of alkyl halides is 1. The lowest BCUT2D eigenvalue weighted by molar-refractivity contribution is -0.147. The number of piperidine rings is 2. The highest BCUT2D eigenvalue weighted by molar-refractivity contribution is 7.20. The number of amides is 2. The van der Waals surface area contributed by atoms with Crippen molar-refractivity contribution in [2.75, 3.05) is 26.7 Å². The van der Waals surface area contributed by atoms with Crippen LogP contribution in [0.1, 0.15) is 93.1 Å². The number of pyridine rings is 1. The van der Waals surface area contributed by atoms with E-state index in [1.54, 1.807) is 19.5 Å². The zero-order valence-corrected chi connectivity index (χ0v) is 25.4. The Morgan fingerprint density at radius 2 is 1.93 bits per heavy atom. The molecule has 3 aliphatic rings. The van der Waals surface area contributed by atoms with Crippen LogP contribution in [-0.4, -0.2) is 65.6 Å². The van der Waals surface area contributed by atoms with Gasteiger partial charge in [0, 0.05) is 44.7 Å². The minimum atomic E-state index is -0.265. The smallest absolute Gasteiger partial charge is 0.261 e. The van der Waals surface area contributed by atoms with Gasteiger partial charge in [-0.25, -0.2) is 0 Å². The van der Waals surface area contributed by atoms with Crippen LogP contribution in [0.5, 0.6) is 0 Å². The van der Waals surface area contributed by atoms with Crippen molar-refractivity contribution in [1.29, 1.82) is 0 Å². The number of ether oxygens (including phenoxy) is 1. The molecule has 7 nitrogen and oxygen atoms in total. The fourth-order valence-electron chi connectivity index (χ4n) is 7.01. The molecule has 2 amide bonds. The molecule has 40 heavy (non-hydrogen) atoms. The van der Waals surface area contributed by atoms with Gasteiger partial charge in [0.15, 0.2) is 0 Å². The third kappa shape index (κ3) is 7.00. The van der Waals surface area contributed by atoms with Gasteiger partial charge in [0.25, 0.3) is 5.91 Å². The first-order valence-corrected chi connectivity index (χ1v) is 16.6. The van der Waals surface area contributed by atoms with Crippen molar-refractivity contribution in [3.63, 3.8) is 0 Å². The van der Waals surface area contributed by atoms with E-state index in [0.29, 0.717) is 18.9 Å². The summed E-state index contributed by atoms with van der Waals surface area (Å²) in [5.41, 5.74) is -0.110. The maximum Gasteiger partial charge on any atom is 0.261 e. The van der Waals surface area contributed by atoms with Gasteiger partial charge in [0.1, 0.15) is 6.23 Å². The summed E-state index contributed by atoms with van der Waals surface area (Å²) in [4.78, 5) is 33.0. The van der Waals surface area contributed by atoms with Crippen LogP contribution in [0.15, 0.2) is 24.5 Å². The summed E-state index contributed by atoms with van der Waals surface area (Å²) < 4.78 is 6.91. The second kappa shape index (κ2) is 14.0. The average Bonchev–Trinajstić information content (AvgIpc) is 3.40. The average molecular weight is 589 g/mol. The van der Waals surface area contributed by atoms with Gasteiger partial charge in [0.2, 0.25) is 5.91 Å². The van der Waals surface area contributed by atoms with Crippen LogP contribution in [0.2, 0.25) is 0 Å². The molecule has 3 atom stereocenters. The molecule has 4 heterocycles. The van der Waals surface area contributed by atoms with E-state index in [1.165, 1.54) is 43.4 Å². The number of rotatable bonds is 8. The van der Waals surface area contributed by atoms with Gasteiger partial charge < -0.3 is 15.0 Å². The molecule has 5 rings (SSSR count). The SMILES string of the molecule is COC1NC2(CCCCCCC2)C(Cl)CC1C(=O)N1CCC(CCCCNC(=O)c2cc3ccncc3s2)CC1. The van der Waals surface area contributed by atoms with Crippen molar-refractivity contribution in [1.82, 2.24) is 20.5 Å². The number of fused-ring (bicyclic) bond motifs is 1. The zero-order valence-electron chi connectivity index (χ0n) is 23.8. The number of aromatic nitrogens is 1. The van der Waals surface area contributed by atoms with Gasteiger partial charge in [0.05, 0.1) is 20.9 Å². The molecule has 2 saturated heterocycles. The lowest BCUT2D eigenvalue weighted by atomic mass is 9.74. The molecule has 0 bridgehead atoms. The first-order valence-electron chi connectivity index (χ1n) is 15.3. The molecule has 2 aromatic rings. The Morgan fingerprint density at radius 1 is 1.18 bits per heavy atom. The first kappa shape index (κ1) is 29.7. The van der Waals surface area contributed by atoms with Crippen molar-refractivity contribution in [2.45, 2.75) is 101 Å². The highest BCUT2D eigenvalue weighted by atomic mass is 35.5. The summed E-state index contributed by atoms with van der Waals surface area (Å²) in [7, 11) is 1.72. The van der Waals surface area contributed by atoms with Crippen molar-refractivity contribution in [2.24, 2.45) is 11.8 Å². The topological polar surface area (TPSA) is 83.6 Å². The van der Waals surface area contributed by atoms with Gasteiger partial charge in [-0.15, -0.1) is 22.9 Å². The second-order valence-electron chi connectivity index (χ2n) is 12.1. The highest BCUT2D eigenvalue weighted by Gasteiger charge is 2.49. The Morgan fingerprint density at radius 3 is 2.65 bits per heavy atom. The van der Waals surface area contributed by atoms with E-state index in [0.717, 1.165) is 73.0 Å². The number of halogens is 1. The molecule has 3 fully saturated rings. The first-order chi connectivity index (χ1) is 19.5. The van der Waals surface area contributed by atoms with E-state index < -0.39 is 0 Å². The van der Waals surface area contributed by atoms with Crippen LogP contribution in [0.25, 0.3) is 10.1 Å². The molecule has 2 aromatic heterocycles. The fraction of sp³-hybridized carbons (Fsp3) is 0.710. The lowest BCUT2D eigenvalue weighted by Crippen LogP contribution is -2.65. The Labute approximate surface area is 247 Å². The maximum absolute atomic E-state index is 13.6. The van der Waals surface area contributed by atoms with Gasteiger partial charge in [-0.2, -0.15) is 0 Å². The zero-order chi connectivity index (χ0) is 28.0. The summed E-state index contributed by atoms with van der Waals surface area (Å²) in [6, 6.07) is 3.88. The number of carbonyl (C=O) groups excluding carboxylic acids is 2. The highest BCUT2D eigenvalue weighted by Crippen LogP contribution is 2.41. The third-order valence-electron chi connectivity index (χ3n) is 9.47. The van der Waals surface area contributed by atoms with Crippen molar-refractivity contribution in [3.8, 4) is 0 Å². The van der Waals surface area contributed by atoms with Crippen LogP contribution in [0.4, 0.5) is 0 Å². The Hall–Kier alpha value is -1.74. The minimum Gasteiger partial charge on any atom is -0.366 e. The van der Waals surface area contributed by atoms with Crippen LogP contribution in [0, 0.1) is 11.8 Å². The molecule has 1 aliphatic carbocycles. The number of nitrogens with one attached hydrogen (secondary N) is 2. The van der Waals surface area contributed by atoms with E-state index in [1.807, 2.05) is 12.1 Å². The van der Waals surface area contributed by atoms with E-state index in [4.69, 9.17) is 16.3 Å². The maximum atomic E-state index is 13.6. The molecule has 1 spiro atoms. The van der Waals surface area contributed by atoms with E-state index in [-0.39, 0.29) is 34.9 Å². The summed E-state index contributed by atoms with van der Waals surface area (Å²) in [6.45, 7) is 2.31. The minimum absolute atomic E-state index is 0.000710.